The van der Waals surface area contributed by atoms with Crippen molar-refractivity contribution < 1.29 is 9.18 Å². The van der Waals surface area contributed by atoms with Crippen molar-refractivity contribution in [3.8, 4) is 0 Å². The maximum absolute atomic E-state index is 13.7. The van der Waals surface area contributed by atoms with Gasteiger partial charge in [-0.3, -0.25) is 4.79 Å². The fourth-order valence-corrected chi connectivity index (χ4v) is 2.42. The lowest BCUT2D eigenvalue weighted by Crippen LogP contribution is -2.38. The van der Waals surface area contributed by atoms with E-state index in [-0.39, 0.29) is 17.8 Å². The summed E-state index contributed by atoms with van der Waals surface area (Å²) < 4.78 is 13.7. The highest BCUT2D eigenvalue weighted by Gasteiger charge is 2.33. The molecule has 1 aliphatic carbocycles. The van der Waals surface area contributed by atoms with Crippen LogP contribution in [-0.2, 0) is 11.3 Å². The van der Waals surface area contributed by atoms with E-state index < -0.39 is 0 Å². The molecule has 0 spiro atoms. The smallest absolute Gasteiger partial charge is 0.224 e. The Balaban J connectivity index is 2.00. The minimum absolute atomic E-state index is 0.115. The molecule has 0 aliphatic heterocycles. The van der Waals surface area contributed by atoms with Crippen LogP contribution in [-0.4, -0.2) is 29.4 Å². The van der Waals surface area contributed by atoms with E-state index in [2.05, 4.69) is 5.32 Å². The van der Waals surface area contributed by atoms with Crippen LogP contribution in [0, 0.1) is 5.82 Å². The van der Waals surface area contributed by atoms with Gasteiger partial charge >= 0.3 is 0 Å². The predicted octanol–water partition coefficient (Wildman–Crippen LogP) is 2.70. The van der Waals surface area contributed by atoms with Gasteiger partial charge in [-0.05, 0) is 32.4 Å². The summed E-state index contributed by atoms with van der Waals surface area (Å²) in [6.07, 6.45) is 2.55. The molecule has 2 rings (SSSR count). The van der Waals surface area contributed by atoms with Crippen LogP contribution in [0.4, 0.5) is 4.39 Å². The van der Waals surface area contributed by atoms with Gasteiger partial charge in [0, 0.05) is 30.6 Å². The van der Waals surface area contributed by atoms with Gasteiger partial charge in [-0.15, -0.1) is 0 Å². The number of nitrogens with zero attached hydrogens (tertiary/aromatic N) is 1. The fraction of sp³-hybridized carbons (Fsp3) is 0.562. The van der Waals surface area contributed by atoms with Crippen molar-refractivity contribution in [2.24, 2.45) is 0 Å². The number of halogens is 1. The first-order chi connectivity index (χ1) is 9.61. The third kappa shape index (κ3) is 4.04. The van der Waals surface area contributed by atoms with E-state index in [4.69, 9.17) is 0 Å². The monoisotopic (exact) mass is 278 g/mol. The molecule has 20 heavy (non-hydrogen) atoms. The molecule has 1 aromatic rings. The predicted molar refractivity (Wildman–Crippen MR) is 77.7 cm³/mol. The fourth-order valence-electron chi connectivity index (χ4n) is 2.42. The largest absolute Gasteiger partial charge is 0.335 e. The van der Waals surface area contributed by atoms with Crippen molar-refractivity contribution >= 4 is 5.91 Å². The summed E-state index contributed by atoms with van der Waals surface area (Å²) >= 11 is 0. The van der Waals surface area contributed by atoms with Crippen LogP contribution in [0.25, 0.3) is 0 Å². The number of nitrogens with one attached hydrogen (secondary N) is 1. The Morgan fingerprint density at radius 2 is 2.15 bits per heavy atom. The minimum atomic E-state index is -0.231. The van der Waals surface area contributed by atoms with Crippen LogP contribution in [0.3, 0.4) is 0 Å². The van der Waals surface area contributed by atoms with E-state index in [1.165, 1.54) is 6.07 Å². The van der Waals surface area contributed by atoms with Crippen LogP contribution in [0.5, 0.6) is 0 Å². The molecule has 1 amide bonds. The Morgan fingerprint density at radius 3 is 2.75 bits per heavy atom. The van der Waals surface area contributed by atoms with E-state index >= 15 is 0 Å². The molecular weight excluding hydrogens is 255 g/mol. The third-order valence-electron chi connectivity index (χ3n) is 3.64. The van der Waals surface area contributed by atoms with Crippen LogP contribution in [0.15, 0.2) is 24.3 Å². The van der Waals surface area contributed by atoms with Crippen LogP contribution in [0.2, 0.25) is 0 Å². The molecule has 1 aliphatic rings. The molecule has 0 aromatic heterocycles. The van der Waals surface area contributed by atoms with Gasteiger partial charge in [0.2, 0.25) is 5.91 Å². The van der Waals surface area contributed by atoms with Crippen molar-refractivity contribution in [3.05, 3.63) is 35.6 Å². The molecule has 1 atom stereocenters. The molecular formula is C16H23FN2O. The maximum atomic E-state index is 13.7. The summed E-state index contributed by atoms with van der Waals surface area (Å²) in [6.45, 7) is 5.27. The highest BCUT2D eigenvalue weighted by atomic mass is 19.1. The molecule has 110 valence electrons. The highest BCUT2D eigenvalue weighted by Crippen LogP contribution is 2.29. The van der Waals surface area contributed by atoms with Gasteiger partial charge < -0.3 is 10.2 Å². The number of hydrogen-bond donors (Lipinski definition) is 1. The second kappa shape index (κ2) is 6.84. The Kier molecular flexibility index (Phi) is 5.12. The zero-order valence-corrected chi connectivity index (χ0v) is 12.2. The second-order valence-electron chi connectivity index (χ2n) is 5.51. The average molecular weight is 278 g/mol. The van der Waals surface area contributed by atoms with Crippen molar-refractivity contribution in [3.63, 3.8) is 0 Å². The van der Waals surface area contributed by atoms with Gasteiger partial charge in [-0.1, -0.05) is 25.1 Å². The first-order valence-corrected chi connectivity index (χ1v) is 7.38. The summed E-state index contributed by atoms with van der Waals surface area (Å²) in [4.78, 5) is 14.2. The Labute approximate surface area is 120 Å². The Bertz CT molecular complexity index is 460. The number of carbonyl (C=O) groups is 1. The van der Waals surface area contributed by atoms with E-state index in [1.54, 1.807) is 12.1 Å². The molecule has 0 radical (unpaired) electrons. The molecule has 4 heteroatoms. The van der Waals surface area contributed by atoms with Gasteiger partial charge in [0.1, 0.15) is 5.82 Å². The molecule has 1 fully saturated rings. The highest BCUT2D eigenvalue weighted by molar-refractivity contribution is 5.77. The van der Waals surface area contributed by atoms with E-state index in [0.717, 1.165) is 19.4 Å². The molecule has 0 saturated heterocycles. The van der Waals surface area contributed by atoms with Crippen LogP contribution < -0.4 is 5.32 Å². The third-order valence-corrected chi connectivity index (χ3v) is 3.64. The lowest BCUT2D eigenvalue weighted by Gasteiger charge is -2.24. The van der Waals surface area contributed by atoms with Crippen molar-refractivity contribution in [2.45, 2.75) is 51.7 Å². The van der Waals surface area contributed by atoms with Gasteiger partial charge in [0.25, 0.3) is 0 Å². The summed E-state index contributed by atoms with van der Waals surface area (Å²) in [5.74, 6) is -0.116. The zero-order valence-electron chi connectivity index (χ0n) is 12.2. The molecule has 1 aromatic carbocycles. The molecule has 1 unspecified atom stereocenters. The number of hydrogen-bond acceptors (Lipinski definition) is 2. The minimum Gasteiger partial charge on any atom is -0.335 e. The standard InChI is InChI=1S/C16H23FN2O/c1-3-18-12(2)10-16(20)19(14-8-9-14)11-13-6-4-5-7-15(13)17/h4-7,12,14,18H,3,8-11H2,1-2H3. The number of benzene rings is 1. The zero-order chi connectivity index (χ0) is 14.5. The second-order valence-corrected chi connectivity index (χ2v) is 5.51. The van der Waals surface area contributed by atoms with E-state index in [0.29, 0.717) is 24.6 Å². The number of rotatable bonds is 7. The molecule has 1 N–H and O–H groups in total. The summed E-state index contributed by atoms with van der Waals surface area (Å²) in [6, 6.07) is 7.16. The van der Waals surface area contributed by atoms with Gasteiger partial charge in [-0.25, -0.2) is 4.39 Å². The van der Waals surface area contributed by atoms with Gasteiger partial charge in [0.15, 0.2) is 0 Å². The molecule has 0 heterocycles. The maximum Gasteiger partial charge on any atom is 0.224 e. The molecule has 3 nitrogen and oxygen atoms in total. The number of carbonyl (C=O) groups excluding carboxylic acids is 1. The van der Waals surface area contributed by atoms with Gasteiger partial charge in [0.05, 0.1) is 0 Å². The Hall–Kier alpha value is -1.42. The van der Waals surface area contributed by atoms with Crippen molar-refractivity contribution in [1.29, 1.82) is 0 Å². The van der Waals surface area contributed by atoms with Crippen LogP contribution in [0.1, 0.15) is 38.7 Å². The van der Waals surface area contributed by atoms with E-state index in [9.17, 15) is 9.18 Å². The SMILES string of the molecule is CCNC(C)CC(=O)N(Cc1ccccc1F)C1CC1. The van der Waals surface area contributed by atoms with Crippen molar-refractivity contribution in [2.75, 3.05) is 6.54 Å². The quantitative estimate of drug-likeness (QED) is 0.831. The Morgan fingerprint density at radius 1 is 1.45 bits per heavy atom. The molecule has 0 bridgehead atoms. The molecule has 1 saturated carbocycles. The number of amides is 1. The first kappa shape index (κ1) is 15.0. The lowest BCUT2D eigenvalue weighted by molar-refractivity contribution is -0.132. The van der Waals surface area contributed by atoms with Gasteiger partial charge in [-0.2, -0.15) is 0 Å². The summed E-state index contributed by atoms with van der Waals surface area (Å²) in [5, 5.41) is 3.24. The normalized spacial score (nSPS) is 15.9. The van der Waals surface area contributed by atoms with Crippen LogP contribution >= 0.6 is 0 Å². The lowest BCUT2D eigenvalue weighted by atomic mass is 10.1. The first-order valence-electron chi connectivity index (χ1n) is 7.38. The van der Waals surface area contributed by atoms with Crippen molar-refractivity contribution in [1.82, 2.24) is 10.2 Å². The summed E-state index contributed by atoms with van der Waals surface area (Å²) in [7, 11) is 0. The topological polar surface area (TPSA) is 32.3 Å². The van der Waals surface area contributed by atoms with E-state index in [1.807, 2.05) is 24.8 Å². The average Bonchev–Trinajstić information content (AvgIpc) is 3.22. The summed E-state index contributed by atoms with van der Waals surface area (Å²) in [5.41, 5.74) is 0.601.